The molecule has 1 aliphatic heterocycles. The van der Waals surface area contributed by atoms with E-state index in [0.717, 1.165) is 24.6 Å². The summed E-state index contributed by atoms with van der Waals surface area (Å²) >= 11 is 1.28. The van der Waals surface area contributed by atoms with Crippen molar-refractivity contribution in [3.8, 4) is 5.69 Å². The zero-order chi connectivity index (χ0) is 21.0. The summed E-state index contributed by atoms with van der Waals surface area (Å²) in [6.07, 6.45) is 3.61. The van der Waals surface area contributed by atoms with Crippen LogP contribution in [0.5, 0.6) is 0 Å². The lowest BCUT2D eigenvalue weighted by Crippen LogP contribution is -2.33. The normalized spacial score (nSPS) is 16.6. The molecule has 158 valence electrons. The summed E-state index contributed by atoms with van der Waals surface area (Å²) in [5.41, 5.74) is 0.248. The Labute approximate surface area is 175 Å². The van der Waals surface area contributed by atoms with Crippen LogP contribution >= 0.6 is 11.8 Å². The number of thioether (sulfide) groups is 1. The molecule has 0 spiro atoms. The monoisotopic (exact) mass is 420 g/mol. The van der Waals surface area contributed by atoms with Gasteiger partial charge in [0, 0.05) is 5.69 Å². The minimum Gasteiger partial charge on any atom is -0.459 e. The lowest BCUT2D eigenvalue weighted by molar-refractivity contribution is -0.151. The van der Waals surface area contributed by atoms with Gasteiger partial charge >= 0.3 is 5.97 Å². The van der Waals surface area contributed by atoms with Crippen LogP contribution < -0.4 is 0 Å². The average Bonchev–Trinajstić information content (AvgIpc) is 3.09. The fraction of sp³-hybridized carbons (Fsp3) is 0.571. The maximum Gasteiger partial charge on any atom is 0.316 e. The second-order valence-electron chi connectivity index (χ2n) is 8.30. The van der Waals surface area contributed by atoms with Crippen LogP contribution in [0.25, 0.3) is 5.69 Å². The van der Waals surface area contributed by atoms with Crippen LogP contribution in [0.4, 0.5) is 4.39 Å². The molecular weight excluding hydrogens is 391 g/mol. The Morgan fingerprint density at radius 1 is 1.17 bits per heavy atom. The number of rotatable bonds is 6. The van der Waals surface area contributed by atoms with E-state index in [-0.39, 0.29) is 23.6 Å². The van der Waals surface area contributed by atoms with Crippen molar-refractivity contribution in [1.82, 2.24) is 19.7 Å². The maximum absolute atomic E-state index is 13.5. The lowest BCUT2D eigenvalue weighted by atomic mass is 10.1. The van der Waals surface area contributed by atoms with Crippen LogP contribution in [0.15, 0.2) is 29.4 Å². The first kappa shape index (κ1) is 21.8. The molecule has 0 bridgehead atoms. The fourth-order valence-corrected chi connectivity index (χ4v) is 4.17. The number of carbonyl (C=O) groups is 1. The van der Waals surface area contributed by atoms with Crippen molar-refractivity contribution in [2.45, 2.75) is 63.8 Å². The van der Waals surface area contributed by atoms with Crippen molar-refractivity contribution in [1.29, 1.82) is 0 Å². The van der Waals surface area contributed by atoms with Crippen LogP contribution in [-0.2, 0) is 9.53 Å². The summed E-state index contributed by atoms with van der Waals surface area (Å²) in [7, 11) is 0. The van der Waals surface area contributed by atoms with Gasteiger partial charge < -0.3 is 4.74 Å². The van der Waals surface area contributed by atoms with E-state index in [1.54, 1.807) is 12.1 Å². The number of likely N-dealkylation sites (tertiary alicyclic amines) is 1. The van der Waals surface area contributed by atoms with Crippen LogP contribution in [0.3, 0.4) is 0 Å². The number of aromatic nitrogens is 3. The van der Waals surface area contributed by atoms with Crippen LogP contribution in [-0.4, -0.2) is 50.1 Å². The molecule has 2 heterocycles. The Hall–Kier alpha value is -1.93. The van der Waals surface area contributed by atoms with Gasteiger partial charge in [-0.15, -0.1) is 10.2 Å². The largest absolute Gasteiger partial charge is 0.459 e. The molecule has 0 saturated carbocycles. The summed E-state index contributed by atoms with van der Waals surface area (Å²) in [5, 5.41) is 9.39. The second-order valence-corrected chi connectivity index (χ2v) is 9.24. The maximum atomic E-state index is 13.5. The standard InChI is InChI=1S/C21H29FN4O2S/c1-15(25-12-6-5-7-13-25)19-23-24-20(29-14-18(27)28-21(2,3)4)26(19)17-10-8-16(22)9-11-17/h8-11,15H,5-7,12-14H2,1-4H3/t15-/m1/s1. The van der Waals surface area contributed by atoms with Gasteiger partial charge in [0.2, 0.25) is 0 Å². The van der Waals surface area contributed by atoms with Gasteiger partial charge in [0.25, 0.3) is 0 Å². The molecule has 1 aromatic carbocycles. The molecule has 29 heavy (non-hydrogen) atoms. The number of hydrogen-bond acceptors (Lipinski definition) is 6. The van der Waals surface area contributed by atoms with Gasteiger partial charge in [-0.05, 0) is 77.9 Å². The first-order valence-electron chi connectivity index (χ1n) is 10.0. The molecule has 1 atom stereocenters. The third-order valence-electron chi connectivity index (χ3n) is 4.79. The highest BCUT2D eigenvalue weighted by atomic mass is 32.2. The van der Waals surface area contributed by atoms with Crippen molar-refractivity contribution in [2.75, 3.05) is 18.8 Å². The highest BCUT2D eigenvalue weighted by Crippen LogP contribution is 2.29. The molecule has 2 aromatic rings. The predicted octanol–water partition coefficient (Wildman–Crippen LogP) is 4.39. The molecule has 1 fully saturated rings. The minimum absolute atomic E-state index is 0.0729. The summed E-state index contributed by atoms with van der Waals surface area (Å²) in [6, 6.07) is 6.34. The van der Waals surface area contributed by atoms with E-state index in [1.165, 1.54) is 43.2 Å². The first-order valence-corrected chi connectivity index (χ1v) is 11.0. The average molecular weight is 421 g/mol. The van der Waals surface area contributed by atoms with Crippen LogP contribution in [0.2, 0.25) is 0 Å². The van der Waals surface area contributed by atoms with Gasteiger partial charge in [-0.3, -0.25) is 14.3 Å². The second kappa shape index (κ2) is 9.26. The Morgan fingerprint density at radius 3 is 2.45 bits per heavy atom. The molecule has 0 radical (unpaired) electrons. The van der Waals surface area contributed by atoms with Gasteiger partial charge in [-0.2, -0.15) is 0 Å². The number of esters is 1. The molecule has 8 heteroatoms. The van der Waals surface area contributed by atoms with Gasteiger partial charge in [0.1, 0.15) is 11.4 Å². The van der Waals surface area contributed by atoms with Gasteiger partial charge in [-0.1, -0.05) is 18.2 Å². The van der Waals surface area contributed by atoms with Gasteiger partial charge in [0.05, 0.1) is 11.8 Å². The number of halogens is 1. The van der Waals surface area contributed by atoms with Gasteiger partial charge in [-0.25, -0.2) is 4.39 Å². The molecular formula is C21H29FN4O2S. The topological polar surface area (TPSA) is 60.2 Å². The summed E-state index contributed by atoms with van der Waals surface area (Å²) in [6.45, 7) is 9.70. The number of hydrogen-bond donors (Lipinski definition) is 0. The van der Waals surface area contributed by atoms with E-state index in [4.69, 9.17) is 4.74 Å². The van der Waals surface area contributed by atoms with E-state index in [0.29, 0.717) is 5.16 Å². The minimum atomic E-state index is -0.532. The zero-order valence-electron chi connectivity index (χ0n) is 17.5. The van der Waals surface area contributed by atoms with E-state index in [2.05, 4.69) is 22.0 Å². The SMILES string of the molecule is C[C@H](c1nnc(SCC(=O)OC(C)(C)C)n1-c1ccc(F)cc1)N1CCCCC1. The zero-order valence-corrected chi connectivity index (χ0v) is 18.3. The molecule has 0 amide bonds. The molecule has 1 saturated heterocycles. The molecule has 1 aliphatic rings. The fourth-order valence-electron chi connectivity index (χ4n) is 3.44. The molecule has 3 rings (SSSR count). The van der Waals surface area contributed by atoms with Crippen molar-refractivity contribution in [2.24, 2.45) is 0 Å². The molecule has 0 N–H and O–H groups in total. The summed E-state index contributed by atoms with van der Waals surface area (Å²) in [4.78, 5) is 14.6. The molecule has 0 unspecified atom stereocenters. The highest BCUT2D eigenvalue weighted by molar-refractivity contribution is 7.99. The van der Waals surface area contributed by atoms with Crippen LogP contribution in [0, 0.1) is 5.82 Å². The quantitative estimate of drug-likeness (QED) is 0.510. The number of carbonyl (C=O) groups excluding carboxylic acids is 1. The smallest absolute Gasteiger partial charge is 0.316 e. The number of piperidine rings is 1. The van der Waals surface area contributed by atoms with Gasteiger partial charge in [0.15, 0.2) is 11.0 Å². The van der Waals surface area contributed by atoms with E-state index in [1.807, 2.05) is 25.3 Å². The Kier molecular flexibility index (Phi) is 6.95. The van der Waals surface area contributed by atoms with Crippen molar-refractivity contribution < 1.29 is 13.9 Å². The third kappa shape index (κ3) is 5.79. The third-order valence-corrected chi connectivity index (χ3v) is 5.70. The predicted molar refractivity (Wildman–Crippen MR) is 112 cm³/mol. The molecule has 6 nitrogen and oxygen atoms in total. The van der Waals surface area contributed by atoms with Crippen LogP contribution in [0.1, 0.15) is 58.8 Å². The molecule has 0 aliphatic carbocycles. The van der Waals surface area contributed by atoms with Crippen molar-refractivity contribution in [3.63, 3.8) is 0 Å². The molecule has 1 aromatic heterocycles. The van der Waals surface area contributed by atoms with Crippen molar-refractivity contribution >= 4 is 17.7 Å². The Balaban J connectivity index is 1.86. The summed E-state index contributed by atoms with van der Waals surface area (Å²) in [5.74, 6) is 0.330. The van der Waals surface area contributed by atoms with E-state index >= 15 is 0 Å². The van der Waals surface area contributed by atoms with E-state index in [9.17, 15) is 9.18 Å². The Morgan fingerprint density at radius 2 is 1.83 bits per heavy atom. The highest BCUT2D eigenvalue weighted by Gasteiger charge is 2.26. The number of nitrogens with zero attached hydrogens (tertiary/aromatic N) is 4. The Bertz CT molecular complexity index is 826. The van der Waals surface area contributed by atoms with Crippen molar-refractivity contribution in [3.05, 3.63) is 35.9 Å². The van der Waals surface area contributed by atoms with E-state index < -0.39 is 5.60 Å². The number of ether oxygens (including phenoxy) is 1. The summed E-state index contributed by atoms with van der Waals surface area (Å²) < 4.78 is 20.8. The lowest BCUT2D eigenvalue weighted by Gasteiger charge is -2.31. The number of benzene rings is 1. The first-order chi connectivity index (χ1) is 13.7.